The molecule has 0 radical (unpaired) electrons. The molecule has 0 fully saturated rings. The highest BCUT2D eigenvalue weighted by molar-refractivity contribution is 5.29. The summed E-state index contributed by atoms with van der Waals surface area (Å²) in [4.78, 5) is 3.90. The highest BCUT2D eigenvalue weighted by Crippen LogP contribution is 2.14. The molecular weight excluding hydrogens is 194 g/mol. The van der Waals surface area contributed by atoms with E-state index in [-0.39, 0.29) is 6.54 Å². The number of aliphatic hydroxyl groups excluding tert-OH is 2. The number of hydrogen-bond donors (Lipinski definition) is 3. The minimum Gasteiger partial charge on any atom is -0.389 e. The molecule has 0 spiro atoms. The molecular formula is C10H13N3O2. The molecule has 0 aliphatic rings. The summed E-state index contributed by atoms with van der Waals surface area (Å²) in [5.41, 5.74) is 0.715. The van der Waals surface area contributed by atoms with Crippen LogP contribution in [-0.2, 0) is 0 Å². The number of aromatic nitrogens is 1. The van der Waals surface area contributed by atoms with Crippen molar-refractivity contribution >= 4 is 0 Å². The smallest absolute Gasteiger partial charge is 0.123 e. The molecule has 1 rings (SSSR count). The van der Waals surface area contributed by atoms with Crippen LogP contribution in [0.2, 0.25) is 0 Å². The van der Waals surface area contributed by atoms with Crippen molar-refractivity contribution in [3.63, 3.8) is 0 Å². The zero-order valence-corrected chi connectivity index (χ0v) is 8.38. The Morgan fingerprint density at radius 3 is 2.93 bits per heavy atom. The first-order valence-corrected chi connectivity index (χ1v) is 4.55. The molecule has 0 aliphatic heterocycles. The van der Waals surface area contributed by atoms with Crippen molar-refractivity contribution in [2.75, 3.05) is 13.6 Å². The number of nitrogens with one attached hydrogen (secondary N) is 1. The molecule has 1 aromatic heterocycles. The number of pyridine rings is 1. The maximum absolute atomic E-state index is 9.68. The highest BCUT2D eigenvalue weighted by Gasteiger charge is 2.18. The topological polar surface area (TPSA) is 89.2 Å². The molecule has 2 unspecified atom stereocenters. The summed E-state index contributed by atoms with van der Waals surface area (Å²) in [6, 6.07) is 4.95. The van der Waals surface area contributed by atoms with Crippen molar-refractivity contribution in [2.45, 2.75) is 12.2 Å². The Morgan fingerprint density at radius 1 is 1.60 bits per heavy atom. The van der Waals surface area contributed by atoms with Gasteiger partial charge in [-0.1, -0.05) is 0 Å². The molecule has 0 bridgehead atoms. The van der Waals surface area contributed by atoms with Crippen molar-refractivity contribution < 1.29 is 10.2 Å². The molecule has 5 heteroatoms. The lowest BCUT2D eigenvalue weighted by atomic mass is 10.1. The number of hydrogen-bond acceptors (Lipinski definition) is 5. The van der Waals surface area contributed by atoms with Gasteiger partial charge in [-0.3, -0.25) is 4.98 Å². The van der Waals surface area contributed by atoms with Crippen molar-refractivity contribution in [1.29, 1.82) is 5.26 Å². The first kappa shape index (κ1) is 11.6. The van der Waals surface area contributed by atoms with Gasteiger partial charge in [-0.25, -0.2) is 0 Å². The average molecular weight is 207 g/mol. The van der Waals surface area contributed by atoms with Gasteiger partial charge >= 0.3 is 0 Å². The summed E-state index contributed by atoms with van der Waals surface area (Å²) in [5.74, 6) is 0. The average Bonchev–Trinajstić information content (AvgIpc) is 2.28. The second-order valence-electron chi connectivity index (χ2n) is 3.15. The third-order valence-electron chi connectivity index (χ3n) is 1.99. The number of aliphatic hydroxyl groups is 2. The van der Waals surface area contributed by atoms with Crippen LogP contribution in [0.5, 0.6) is 0 Å². The second-order valence-corrected chi connectivity index (χ2v) is 3.15. The Bertz CT molecular complexity index is 362. The van der Waals surface area contributed by atoms with Crippen LogP contribution in [0.25, 0.3) is 0 Å². The molecule has 2 atom stereocenters. The lowest BCUT2D eigenvalue weighted by molar-refractivity contribution is 0.0176. The fourth-order valence-electron chi connectivity index (χ4n) is 1.20. The lowest BCUT2D eigenvalue weighted by Crippen LogP contribution is -2.30. The molecule has 1 heterocycles. The van der Waals surface area contributed by atoms with Crippen molar-refractivity contribution in [2.24, 2.45) is 0 Å². The van der Waals surface area contributed by atoms with E-state index in [2.05, 4.69) is 10.3 Å². The first-order valence-electron chi connectivity index (χ1n) is 4.55. The zero-order chi connectivity index (χ0) is 11.3. The van der Waals surface area contributed by atoms with Gasteiger partial charge in [0.2, 0.25) is 0 Å². The van der Waals surface area contributed by atoms with Gasteiger partial charge in [0.1, 0.15) is 6.10 Å². The summed E-state index contributed by atoms with van der Waals surface area (Å²) in [7, 11) is 1.68. The molecule has 1 aromatic rings. The third kappa shape index (κ3) is 2.99. The SMILES string of the molecule is CNCC(O)C(O)c1cc(C#N)ccn1. The minimum absolute atomic E-state index is 0.264. The quantitative estimate of drug-likeness (QED) is 0.623. The molecule has 0 amide bonds. The van der Waals surface area contributed by atoms with Gasteiger partial charge in [-0.05, 0) is 19.2 Å². The molecule has 0 aliphatic carbocycles. The normalized spacial score (nSPS) is 14.3. The summed E-state index contributed by atoms with van der Waals surface area (Å²) in [6.07, 6.45) is -0.578. The van der Waals surface area contributed by atoms with Gasteiger partial charge in [-0.2, -0.15) is 5.26 Å². The first-order chi connectivity index (χ1) is 7.19. The fourth-order valence-corrected chi connectivity index (χ4v) is 1.20. The van der Waals surface area contributed by atoms with Crippen LogP contribution in [-0.4, -0.2) is 34.9 Å². The summed E-state index contributed by atoms with van der Waals surface area (Å²) in [5, 5.41) is 30.6. The summed E-state index contributed by atoms with van der Waals surface area (Å²) < 4.78 is 0. The lowest BCUT2D eigenvalue weighted by Gasteiger charge is -2.16. The summed E-state index contributed by atoms with van der Waals surface area (Å²) >= 11 is 0. The maximum Gasteiger partial charge on any atom is 0.123 e. The number of nitriles is 1. The monoisotopic (exact) mass is 207 g/mol. The third-order valence-corrected chi connectivity index (χ3v) is 1.99. The Kier molecular flexibility index (Phi) is 4.18. The van der Waals surface area contributed by atoms with Crippen molar-refractivity contribution in [1.82, 2.24) is 10.3 Å². The van der Waals surface area contributed by atoms with E-state index in [1.54, 1.807) is 13.1 Å². The molecule has 3 N–H and O–H groups in total. The van der Waals surface area contributed by atoms with Gasteiger partial charge < -0.3 is 15.5 Å². The van der Waals surface area contributed by atoms with Gasteiger partial charge in [-0.15, -0.1) is 0 Å². The second kappa shape index (κ2) is 5.41. The highest BCUT2D eigenvalue weighted by atomic mass is 16.3. The van der Waals surface area contributed by atoms with E-state index >= 15 is 0 Å². The molecule has 0 saturated carbocycles. The zero-order valence-electron chi connectivity index (χ0n) is 8.38. The molecule has 0 aromatic carbocycles. The van der Waals surface area contributed by atoms with Crippen LogP contribution in [0.15, 0.2) is 18.3 Å². The van der Waals surface area contributed by atoms with E-state index in [0.717, 1.165) is 0 Å². The Hall–Kier alpha value is -1.48. The number of nitrogens with zero attached hydrogens (tertiary/aromatic N) is 2. The Balaban J connectivity index is 2.82. The standard InChI is InChI=1S/C10H13N3O2/c1-12-6-9(14)10(15)8-4-7(5-11)2-3-13-8/h2-4,9-10,12,14-15H,6H2,1H3. The van der Waals surface area contributed by atoms with Gasteiger partial charge in [0.15, 0.2) is 0 Å². The number of likely N-dealkylation sites (N-methyl/N-ethyl adjacent to an activating group) is 1. The largest absolute Gasteiger partial charge is 0.389 e. The van der Waals surface area contributed by atoms with Crippen LogP contribution in [0, 0.1) is 11.3 Å². The predicted octanol–water partition coefficient (Wildman–Crippen LogP) is -0.433. The minimum atomic E-state index is -1.08. The van der Waals surface area contributed by atoms with Gasteiger partial charge in [0.25, 0.3) is 0 Å². The molecule has 5 nitrogen and oxygen atoms in total. The predicted molar refractivity (Wildman–Crippen MR) is 53.8 cm³/mol. The molecule has 15 heavy (non-hydrogen) atoms. The summed E-state index contributed by atoms with van der Waals surface area (Å²) in [6.45, 7) is 0.264. The van der Waals surface area contributed by atoms with Crippen LogP contribution < -0.4 is 5.32 Å². The van der Waals surface area contributed by atoms with Gasteiger partial charge in [0.05, 0.1) is 23.4 Å². The Labute approximate surface area is 88.0 Å². The van der Waals surface area contributed by atoms with E-state index in [1.165, 1.54) is 12.3 Å². The van der Waals surface area contributed by atoms with Crippen molar-refractivity contribution in [3.8, 4) is 6.07 Å². The van der Waals surface area contributed by atoms with E-state index in [9.17, 15) is 10.2 Å². The Morgan fingerprint density at radius 2 is 2.33 bits per heavy atom. The van der Waals surface area contributed by atoms with Gasteiger partial charge in [0, 0.05) is 12.7 Å². The molecule has 80 valence electrons. The number of rotatable bonds is 4. The van der Waals surface area contributed by atoms with E-state index in [1.807, 2.05) is 6.07 Å². The fraction of sp³-hybridized carbons (Fsp3) is 0.400. The van der Waals surface area contributed by atoms with Crippen LogP contribution in [0.3, 0.4) is 0 Å². The van der Waals surface area contributed by atoms with Crippen molar-refractivity contribution in [3.05, 3.63) is 29.6 Å². The maximum atomic E-state index is 9.68. The van der Waals surface area contributed by atoms with Crippen LogP contribution in [0.4, 0.5) is 0 Å². The van der Waals surface area contributed by atoms with Crippen LogP contribution >= 0.6 is 0 Å². The van der Waals surface area contributed by atoms with E-state index in [4.69, 9.17) is 5.26 Å². The van der Waals surface area contributed by atoms with Crippen LogP contribution in [0.1, 0.15) is 17.4 Å². The van der Waals surface area contributed by atoms with E-state index in [0.29, 0.717) is 11.3 Å². The molecule has 0 saturated heterocycles. The van der Waals surface area contributed by atoms with E-state index < -0.39 is 12.2 Å².